The Labute approximate surface area is 302 Å². The summed E-state index contributed by atoms with van der Waals surface area (Å²) in [5.74, 6) is -5.52. The largest absolute Gasteiger partial charge is 0.480 e. The number of carbonyl (C=O) groups excluding carboxylic acids is 5. The Kier molecular flexibility index (Phi) is 20.4. The molecule has 5 amide bonds. The van der Waals surface area contributed by atoms with Gasteiger partial charge >= 0.3 is 5.97 Å². The highest BCUT2D eigenvalue weighted by atomic mass is 16.4. The number of carbonyl (C=O) groups is 6. The molecular weight excluding hydrogens is 680 g/mol. The van der Waals surface area contributed by atoms with Crippen LogP contribution in [0.3, 0.4) is 0 Å². The summed E-state index contributed by atoms with van der Waals surface area (Å²) in [5, 5.41) is 31.7. The van der Waals surface area contributed by atoms with Crippen molar-refractivity contribution in [2.45, 2.75) is 82.6 Å². The van der Waals surface area contributed by atoms with Gasteiger partial charge in [-0.25, -0.2) is 4.79 Å². The van der Waals surface area contributed by atoms with E-state index in [0.717, 1.165) is 5.56 Å². The average Bonchev–Trinajstić information content (AvgIpc) is 3.07. The summed E-state index contributed by atoms with van der Waals surface area (Å²) in [6.07, 6.45) is 0.806. The molecule has 0 fully saturated rings. The molecule has 0 heterocycles. The summed E-state index contributed by atoms with van der Waals surface area (Å²) in [6.45, 7) is 2.48. The zero-order chi connectivity index (χ0) is 39.2. The number of aliphatic hydroxyl groups is 1. The van der Waals surface area contributed by atoms with Crippen LogP contribution in [0, 0.1) is 5.92 Å². The van der Waals surface area contributed by atoms with Crippen LogP contribution < -0.4 is 55.3 Å². The van der Waals surface area contributed by atoms with Gasteiger partial charge in [0, 0.05) is 19.5 Å². The van der Waals surface area contributed by atoms with Gasteiger partial charge in [0.1, 0.15) is 24.2 Å². The molecule has 52 heavy (non-hydrogen) atoms. The summed E-state index contributed by atoms with van der Waals surface area (Å²) in [5.41, 5.74) is 28.0. The van der Waals surface area contributed by atoms with Gasteiger partial charge in [-0.15, -0.1) is 0 Å². The number of nitrogens with two attached hydrogens (primary N) is 5. The van der Waals surface area contributed by atoms with Crippen LogP contribution in [0.2, 0.25) is 0 Å². The van der Waals surface area contributed by atoms with Gasteiger partial charge in [-0.3, -0.25) is 34.0 Å². The maximum Gasteiger partial charge on any atom is 0.326 e. The Balaban J connectivity index is 2.97. The van der Waals surface area contributed by atoms with Gasteiger partial charge < -0.3 is 65.5 Å². The maximum atomic E-state index is 13.2. The number of hydrogen-bond donors (Lipinski definition) is 12. The molecule has 0 aromatic heterocycles. The van der Waals surface area contributed by atoms with Crippen LogP contribution in [0.1, 0.15) is 51.5 Å². The van der Waals surface area contributed by atoms with Crippen molar-refractivity contribution in [2.75, 3.05) is 26.2 Å². The highest BCUT2D eigenvalue weighted by Gasteiger charge is 2.30. The minimum atomic E-state index is -1.57. The fraction of sp³-hybridized carbons (Fsp3) is 0.562. The lowest BCUT2D eigenvalue weighted by molar-refractivity contribution is -0.142. The molecule has 290 valence electrons. The Bertz CT molecular complexity index is 1380. The van der Waals surface area contributed by atoms with E-state index in [1.54, 1.807) is 30.3 Å². The lowest BCUT2D eigenvalue weighted by Gasteiger charge is -2.24. The van der Waals surface area contributed by atoms with Crippen molar-refractivity contribution in [2.24, 2.45) is 44.6 Å². The first-order valence-electron chi connectivity index (χ1n) is 16.8. The summed E-state index contributed by atoms with van der Waals surface area (Å²) < 4.78 is 0. The number of benzene rings is 1. The second-order valence-corrected chi connectivity index (χ2v) is 12.4. The highest BCUT2D eigenvalue weighted by Crippen LogP contribution is 2.07. The third-order valence-corrected chi connectivity index (χ3v) is 7.37. The van der Waals surface area contributed by atoms with Crippen molar-refractivity contribution < 1.29 is 39.0 Å². The molecule has 17 N–H and O–H groups in total. The summed E-state index contributed by atoms with van der Waals surface area (Å²) in [7, 11) is 0. The predicted molar refractivity (Wildman–Crippen MR) is 193 cm³/mol. The number of guanidine groups is 2. The SMILES string of the molecule is CC(C)C[C@H](N)C(=O)N[C@@H](Cc1ccccc1)C(=O)NCC(=O)N[C@@H](CO)C(=O)N[C@@H](CCCN=C(N)N)C(=O)N[C@@H](CCCN=C(N)N)C(=O)O. The molecule has 0 aliphatic carbocycles. The van der Waals surface area contributed by atoms with Crippen LogP contribution in [-0.2, 0) is 35.2 Å². The zero-order valence-corrected chi connectivity index (χ0v) is 29.5. The number of aliphatic hydroxyl groups excluding tert-OH is 1. The van der Waals surface area contributed by atoms with E-state index in [0.29, 0.717) is 6.42 Å². The summed E-state index contributed by atoms with van der Waals surface area (Å²) >= 11 is 0. The average molecular weight is 735 g/mol. The van der Waals surface area contributed by atoms with Crippen molar-refractivity contribution in [1.82, 2.24) is 26.6 Å². The van der Waals surface area contributed by atoms with Crippen LogP contribution in [-0.4, -0.2) is 114 Å². The second kappa shape index (κ2) is 23.8. The number of hydrogen-bond acceptors (Lipinski definition) is 10. The minimum absolute atomic E-state index is 0.0335. The Morgan fingerprint density at radius 1 is 0.712 bits per heavy atom. The lowest BCUT2D eigenvalue weighted by Crippen LogP contribution is -2.58. The molecular formula is C32H54N12O8. The molecule has 0 saturated carbocycles. The van der Waals surface area contributed by atoms with Gasteiger partial charge in [0.2, 0.25) is 29.5 Å². The number of aliphatic imine (C=N–C) groups is 2. The van der Waals surface area contributed by atoms with E-state index in [9.17, 15) is 39.0 Å². The van der Waals surface area contributed by atoms with E-state index in [2.05, 4.69) is 36.6 Å². The third-order valence-electron chi connectivity index (χ3n) is 7.37. The minimum Gasteiger partial charge on any atom is -0.480 e. The normalized spacial score (nSPS) is 13.6. The molecule has 5 atom stereocenters. The maximum absolute atomic E-state index is 13.2. The van der Waals surface area contributed by atoms with Gasteiger partial charge in [-0.2, -0.15) is 0 Å². The molecule has 0 saturated heterocycles. The number of nitrogens with zero attached hydrogens (tertiary/aromatic N) is 2. The van der Waals surface area contributed by atoms with E-state index in [-0.39, 0.29) is 63.0 Å². The highest BCUT2D eigenvalue weighted by molar-refractivity contribution is 5.95. The summed E-state index contributed by atoms with van der Waals surface area (Å²) in [4.78, 5) is 84.4. The van der Waals surface area contributed by atoms with Gasteiger partial charge in [0.25, 0.3) is 0 Å². The molecule has 1 rings (SSSR count). The molecule has 1 aromatic carbocycles. The fourth-order valence-electron chi connectivity index (χ4n) is 4.76. The van der Waals surface area contributed by atoms with Crippen molar-refractivity contribution in [3.8, 4) is 0 Å². The first kappa shape index (κ1) is 44.5. The van der Waals surface area contributed by atoms with Crippen molar-refractivity contribution >= 4 is 47.4 Å². The Hall–Kier alpha value is -5.50. The molecule has 0 aliphatic rings. The van der Waals surface area contributed by atoms with Crippen molar-refractivity contribution in [3.05, 3.63) is 35.9 Å². The number of rotatable bonds is 24. The molecule has 1 aromatic rings. The number of amides is 5. The smallest absolute Gasteiger partial charge is 0.326 e. The third kappa shape index (κ3) is 18.5. The fourth-order valence-corrected chi connectivity index (χ4v) is 4.76. The first-order chi connectivity index (χ1) is 24.5. The molecule has 0 bridgehead atoms. The zero-order valence-electron chi connectivity index (χ0n) is 29.5. The monoisotopic (exact) mass is 734 g/mol. The van der Waals surface area contributed by atoms with Gasteiger partial charge in [0.05, 0.1) is 19.2 Å². The quantitative estimate of drug-likeness (QED) is 0.0273. The lowest BCUT2D eigenvalue weighted by atomic mass is 10.0. The molecule has 0 radical (unpaired) electrons. The number of carboxylic acid groups (broad SMARTS) is 1. The van der Waals surface area contributed by atoms with Crippen LogP contribution in [0.5, 0.6) is 0 Å². The van der Waals surface area contributed by atoms with Crippen molar-refractivity contribution in [3.63, 3.8) is 0 Å². The van der Waals surface area contributed by atoms with E-state index in [1.165, 1.54) is 0 Å². The molecule has 0 spiro atoms. The van der Waals surface area contributed by atoms with Gasteiger partial charge in [0.15, 0.2) is 11.9 Å². The van der Waals surface area contributed by atoms with Crippen LogP contribution in [0.25, 0.3) is 0 Å². The van der Waals surface area contributed by atoms with Crippen LogP contribution in [0.15, 0.2) is 40.3 Å². The second-order valence-electron chi connectivity index (χ2n) is 12.4. The standard InChI is InChI=1S/C32H54N12O8/c1-18(2)14-20(33)26(47)44-23(15-19-8-4-3-5-9-19)27(48)40-16-25(46)41-24(17-45)29(50)42-21(10-6-12-38-31(34)35)28(49)43-22(30(51)52)11-7-13-39-32(36)37/h3-5,8-9,18,20-24,45H,6-7,10-17,33H2,1-2H3,(H,40,48)(H,41,46)(H,42,50)(H,43,49)(H,44,47)(H,51,52)(H4,34,35,38)(H4,36,37,39)/t20-,21-,22-,23-,24-/m0/s1. The van der Waals surface area contributed by atoms with Gasteiger partial charge in [-0.05, 0) is 43.6 Å². The van der Waals surface area contributed by atoms with Gasteiger partial charge in [-0.1, -0.05) is 44.2 Å². The number of nitrogens with one attached hydrogen (secondary N) is 5. The Morgan fingerprint density at radius 3 is 1.75 bits per heavy atom. The van der Waals surface area contributed by atoms with Crippen LogP contribution >= 0.6 is 0 Å². The first-order valence-corrected chi connectivity index (χ1v) is 16.8. The molecule has 0 unspecified atom stereocenters. The van der Waals surface area contributed by atoms with Crippen LogP contribution in [0.4, 0.5) is 0 Å². The topological polar surface area (TPSA) is 358 Å². The molecule has 20 heteroatoms. The molecule has 0 aliphatic heterocycles. The number of carboxylic acids is 1. The molecule has 20 nitrogen and oxygen atoms in total. The van der Waals surface area contributed by atoms with E-state index < -0.39 is 78.9 Å². The Morgan fingerprint density at radius 2 is 1.23 bits per heavy atom. The van der Waals surface area contributed by atoms with E-state index >= 15 is 0 Å². The van der Waals surface area contributed by atoms with E-state index in [4.69, 9.17) is 28.7 Å². The predicted octanol–water partition coefficient (Wildman–Crippen LogP) is -4.16. The van der Waals surface area contributed by atoms with Crippen molar-refractivity contribution in [1.29, 1.82) is 0 Å². The van der Waals surface area contributed by atoms with E-state index in [1.807, 2.05) is 13.8 Å². The summed E-state index contributed by atoms with van der Waals surface area (Å²) in [6, 6.07) is 2.68. The number of aliphatic carboxylic acids is 1.